The zero-order chi connectivity index (χ0) is 14.2. The molecule has 1 aromatic rings. The number of Topliss-reactive ketones (excluding diaryl/α,β-unsaturated/α-hetero) is 1. The van der Waals surface area contributed by atoms with Gasteiger partial charge in [-0.3, -0.25) is 4.79 Å². The second kappa shape index (κ2) is 4.87. The summed E-state index contributed by atoms with van der Waals surface area (Å²) in [7, 11) is 1.68. The summed E-state index contributed by atoms with van der Waals surface area (Å²) in [5, 5.41) is 0. The molecule has 1 unspecified atom stereocenters. The monoisotopic (exact) mass is 262 g/mol. The molecule has 3 heteroatoms. The average molecular weight is 262 g/mol. The maximum Gasteiger partial charge on any atom is 0.175 e. The van der Waals surface area contributed by atoms with Crippen LogP contribution in [0.1, 0.15) is 50.7 Å². The van der Waals surface area contributed by atoms with Crippen LogP contribution in [0.5, 0.6) is 11.5 Å². The summed E-state index contributed by atoms with van der Waals surface area (Å²) in [5.74, 6) is 2.14. The zero-order valence-corrected chi connectivity index (χ0v) is 12.4. The summed E-state index contributed by atoms with van der Waals surface area (Å²) in [5.41, 5.74) is 1.40. The summed E-state index contributed by atoms with van der Waals surface area (Å²) in [6.45, 7) is 7.80. The van der Waals surface area contributed by atoms with Crippen molar-refractivity contribution < 1.29 is 14.3 Å². The number of hydrogen-bond donors (Lipinski definition) is 0. The summed E-state index contributed by atoms with van der Waals surface area (Å²) in [4.78, 5) is 12.1. The van der Waals surface area contributed by atoms with E-state index >= 15 is 0 Å². The van der Waals surface area contributed by atoms with E-state index in [0.29, 0.717) is 12.3 Å². The topological polar surface area (TPSA) is 35.5 Å². The molecule has 1 heterocycles. The third kappa shape index (κ3) is 2.60. The first-order chi connectivity index (χ1) is 8.85. The first-order valence-corrected chi connectivity index (χ1v) is 6.76. The minimum atomic E-state index is -0.754. The van der Waals surface area contributed by atoms with Crippen molar-refractivity contribution in [3.63, 3.8) is 0 Å². The molecule has 0 N–H and O–H groups in total. The normalized spacial score (nSPS) is 21.9. The Morgan fingerprint density at radius 1 is 1.37 bits per heavy atom. The van der Waals surface area contributed by atoms with Crippen molar-refractivity contribution in [2.45, 2.75) is 52.1 Å². The fraction of sp³-hybridized carbons (Fsp3) is 0.562. The van der Waals surface area contributed by atoms with E-state index in [4.69, 9.17) is 9.47 Å². The van der Waals surface area contributed by atoms with Gasteiger partial charge >= 0.3 is 0 Å². The quantitative estimate of drug-likeness (QED) is 0.775. The minimum Gasteiger partial charge on any atom is -0.496 e. The Balaban J connectivity index is 2.53. The van der Waals surface area contributed by atoms with Crippen molar-refractivity contribution in [3.8, 4) is 11.5 Å². The highest BCUT2D eigenvalue weighted by Crippen LogP contribution is 2.39. The highest BCUT2D eigenvalue weighted by Gasteiger charge is 2.33. The van der Waals surface area contributed by atoms with Crippen LogP contribution >= 0.6 is 0 Å². The van der Waals surface area contributed by atoms with Crippen LogP contribution in [-0.4, -0.2) is 18.5 Å². The lowest BCUT2D eigenvalue weighted by atomic mass is 9.88. The largest absolute Gasteiger partial charge is 0.496 e. The standard InChI is InChI=1S/C16H22O3/c1-10-6-7-15(17)16(3,4)19-14-8-11(2)13(18-5)9-12(10)14/h8-10H,6-7H2,1-5H3. The van der Waals surface area contributed by atoms with Gasteiger partial charge < -0.3 is 9.47 Å². The molecule has 1 aliphatic rings. The minimum absolute atomic E-state index is 0.165. The summed E-state index contributed by atoms with van der Waals surface area (Å²) >= 11 is 0. The molecule has 0 amide bonds. The smallest absolute Gasteiger partial charge is 0.175 e. The molecule has 1 aromatic carbocycles. The maximum absolute atomic E-state index is 12.1. The molecule has 0 bridgehead atoms. The van der Waals surface area contributed by atoms with E-state index in [1.54, 1.807) is 7.11 Å². The van der Waals surface area contributed by atoms with Crippen molar-refractivity contribution in [3.05, 3.63) is 23.3 Å². The van der Waals surface area contributed by atoms with Gasteiger partial charge in [0.25, 0.3) is 0 Å². The number of fused-ring (bicyclic) bond motifs is 1. The number of ketones is 1. The molecule has 0 aliphatic carbocycles. The van der Waals surface area contributed by atoms with E-state index < -0.39 is 5.60 Å². The van der Waals surface area contributed by atoms with Gasteiger partial charge in [-0.15, -0.1) is 0 Å². The van der Waals surface area contributed by atoms with Crippen LogP contribution in [0.2, 0.25) is 0 Å². The number of carbonyl (C=O) groups excluding carboxylic acids is 1. The molecule has 19 heavy (non-hydrogen) atoms. The number of aryl methyl sites for hydroxylation is 1. The maximum atomic E-state index is 12.1. The van der Waals surface area contributed by atoms with Gasteiger partial charge in [-0.1, -0.05) is 6.92 Å². The Morgan fingerprint density at radius 3 is 2.68 bits per heavy atom. The second-order valence-electron chi connectivity index (χ2n) is 5.83. The van der Waals surface area contributed by atoms with Gasteiger partial charge in [0, 0.05) is 12.0 Å². The fourth-order valence-corrected chi connectivity index (χ4v) is 2.51. The predicted octanol–water partition coefficient (Wildman–Crippen LogP) is 3.63. The van der Waals surface area contributed by atoms with E-state index in [0.717, 1.165) is 29.0 Å². The van der Waals surface area contributed by atoms with Crippen LogP contribution in [0.4, 0.5) is 0 Å². The summed E-state index contributed by atoms with van der Waals surface area (Å²) < 4.78 is 11.4. The highest BCUT2D eigenvalue weighted by molar-refractivity contribution is 5.87. The lowest BCUT2D eigenvalue weighted by Gasteiger charge is -2.31. The number of benzene rings is 1. The lowest BCUT2D eigenvalue weighted by Crippen LogP contribution is -2.39. The van der Waals surface area contributed by atoms with Crippen molar-refractivity contribution >= 4 is 5.78 Å². The third-order valence-electron chi connectivity index (χ3n) is 3.90. The van der Waals surface area contributed by atoms with Crippen molar-refractivity contribution in [2.75, 3.05) is 7.11 Å². The first kappa shape index (κ1) is 13.9. The van der Waals surface area contributed by atoms with Gasteiger partial charge in [0.2, 0.25) is 0 Å². The number of rotatable bonds is 1. The van der Waals surface area contributed by atoms with E-state index in [2.05, 4.69) is 6.92 Å². The first-order valence-electron chi connectivity index (χ1n) is 6.76. The molecule has 0 saturated carbocycles. The van der Waals surface area contributed by atoms with Crippen LogP contribution in [0.25, 0.3) is 0 Å². The van der Waals surface area contributed by atoms with E-state index in [-0.39, 0.29) is 5.78 Å². The van der Waals surface area contributed by atoms with Crippen LogP contribution in [0.3, 0.4) is 0 Å². The van der Waals surface area contributed by atoms with Crippen molar-refractivity contribution in [2.24, 2.45) is 0 Å². The van der Waals surface area contributed by atoms with Crippen molar-refractivity contribution in [1.82, 2.24) is 0 Å². The SMILES string of the molecule is COc1cc2c(cc1C)OC(C)(C)C(=O)CCC2C. The van der Waals surface area contributed by atoms with Gasteiger partial charge in [0.15, 0.2) is 11.4 Å². The summed E-state index contributed by atoms with van der Waals surface area (Å²) in [6, 6.07) is 4.02. The molecule has 0 saturated heterocycles. The average Bonchev–Trinajstić information content (AvgIpc) is 2.34. The van der Waals surface area contributed by atoms with Crippen molar-refractivity contribution in [1.29, 1.82) is 0 Å². The van der Waals surface area contributed by atoms with Crippen LogP contribution in [0, 0.1) is 6.92 Å². The van der Waals surface area contributed by atoms with Gasteiger partial charge in [-0.2, -0.15) is 0 Å². The molecule has 0 spiro atoms. The number of carbonyl (C=O) groups is 1. The number of methoxy groups -OCH3 is 1. The molecule has 2 rings (SSSR count). The van der Waals surface area contributed by atoms with Gasteiger partial charge in [0.05, 0.1) is 7.11 Å². The second-order valence-corrected chi connectivity index (χ2v) is 5.83. The number of ether oxygens (including phenoxy) is 2. The van der Waals surface area contributed by atoms with Crippen LogP contribution in [0.15, 0.2) is 12.1 Å². The summed E-state index contributed by atoms with van der Waals surface area (Å²) in [6.07, 6.45) is 1.41. The molecular formula is C16H22O3. The van der Waals surface area contributed by atoms with E-state index in [9.17, 15) is 4.79 Å². The Kier molecular flexibility index (Phi) is 3.57. The zero-order valence-electron chi connectivity index (χ0n) is 12.4. The van der Waals surface area contributed by atoms with Crippen LogP contribution in [-0.2, 0) is 4.79 Å². The van der Waals surface area contributed by atoms with Gasteiger partial charge in [-0.05, 0) is 50.8 Å². The number of hydrogen-bond acceptors (Lipinski definition) is 3. The molecule has 0 fully saturated rings. The third-order valence-corrected chi connectivity index (χ3v) is 3.90. The molecule has 3 nitrogen and oxygen atoms in total. The highest BCUT2D eigenvalue weighted by atomic mass is 16.5. The Bertz CT molecular complexity index is 503. The Labute approximate surface area is 114 Å². The Morgan fingerprint density at radius 2 is 2.05 bits per heavy atom. The molecule has 104 valence electrons. The molecule has 0 radical (unpaired) electrons. The predicted molar refractivity (Wildman–Crippen MR) is 75.1 cm³/mol. The molecular weight excluding hydrogens is 240 g/mol. The van der Waals surface area contributed by atoms with E-state index in [1.165, 1.54) is 0 Å². The molecule has 1 aliphatic heterocycles. The van der Waals surface area contributed by atoms with Gasteiger partial charge in [-0.25, -0.2) is 0 Å². The van der Waals surface area contributed by atoms with E-state index in [1.807, 2.05) is 32.9 Å². The Hall–Kier alpha value is -1.51. The van der Waals surface area contributed by atoms with Gasteiger partial charge in [0.1, 0.15) is 11.5 Å². The lowest BCUT2D eigenvalue weighted by molar-refractivity contribution is -0.132. The molecule has 1 atom stereocenters. The molecule has 0 aromatic heterocycles. The van der Waals surface area contributed by atoms with Crippen LogP contribution < -0.4 is 9.47 Å². The fourth-order valence-electron chi connectivity index (χ4n) is 2.51.